The maximum Gasteiger partial charge on any atom is 0.223 e. The lowest BCUT2D eigenvalue weighted by atomic mass is 10.1. The first kappa shape index (κ1) is 12.9. The Hall–Kier alpha value is -0.550. The van der Waals surface area contributed by atoms with E-state index in [-0.39, 0.29) is 11.7 Å². The third-order valence-corrected chi connectivity index (χ3v) is 4.03. The number of thiol groups is 1. The van der Waals surface area contributed by atoms with E-state index < -0.39 is 0 Å². The van der Waals surface area contributed by atoms with Gasteiger partial charge in [0.15, 0.2) is 0 Å². The summed E-state index contributed by atoms with van der Waals surface area (Å²) in [5, 5.41) is 0. The van der Waals surface area contributed by atoms with Crippen LogP contribution in [0.3, 0.4) is 0 Å². The van der Waals surface area contributed by atoms with Crippen LogP contribution in [0.4, 0.5) is 4.39 Å². The van der Waals surface area contributed by atoms with E-state index in [9.17, 15) is 9.18 Å². The standard InChI is InChI=1S/C12H13BrFNOS/c13-10-3-8(1-2-11(10)14)5-15-6-9(7-17)4-12(15)16/h1-3,9,17H,4-7H2. The number of nitrogens with zero attached hydrogens (tertiary/aromatic N) is 1. The lowest BCUT2D eigenvalue weighted by molar-refractivity contribution is -0.128. The van der Waals surface area contributed by atoms with Crippen molar-refractivity contribution in [1.29, 1.82) is 0 Å². The van der Waals surface area contributed by atoms with E-state index in [1.807, 2.05) is 0 Å². The number of hydrogen-bond donors (Lipinski definition) is 1. The molecule has 1 unspecified atom stereocenters. The third kappa shape index (κ3) is 3.01. The van der Waals surface area contributed by atoms with Crippen molar-refractivity contribution < 1.29 is 9.18 Å². The van der Waals surface area contributed by atoms with Crippen LogP contribution in [-0.2, 0) is 11.3 Å². The Morgan fingerprint density at radius 1 is 1.53 bits per heavy atom. The zero-order valence-corrected chi connectivity index (χ0v) is 11.7. The molecule has 0 aromatic heterocycles. The van der Waals surface area contributed by atoms with Gasteiger partial charge in [0.2, 0.25) is 5.91 Å². The van der Waals surface area contributed by atoms with Gasteiger partial charge in [0, 0.05) is 19.5 Å². The van der Waals surface area contributed by atoms with Crippen LogP contribution >= 0.6 is 28.6 Å². The number of benzene rings is 1. The number of carbonyl (C=O) groups is 1. The molecule has 1 fully saturated rings. The minimum atomic E-state index is -0.283. The Morgan fingerprint density at radius 2 is 2.29 bits per heavy atom. The molecule has 1 aliphatic rings. The van der Waals surface area contributed by atoms with Gasteiger partial charge in [-0.3, -0.25) is 4.79 Å². The average molecular weight is 318 g/mol. The molecule has 1 amide bonds. The minimum Gasteiger partial charge on any atom is -0.338 e. The lowest BCUT2D eigenvalue weighted by Crippen LogP contribution is -2.24. The van der Waals surface area contributed by atoms with E-state index in [4.69, 9.17) is 0 Å². The molecular weight excluding hydrogens is 305 g/mol. The highest BCUT2D eigenvalue weighted by atomic mass is 79.9. The first-order valence-electron chi connectivity index (χ1n) is 5.42. The third-order valence-electron chi connectivity index (χ3n) is 2.91. The summed E-state index contributed by atoms with van der Waals surface area (Å²) in [6.45, 7) is 1.29. The second-order valence-electron chi connectivity index (χ2n) is 4.28. The van der Waals surface area contributed by atoms with Gasteiger partial charge in [-0.25, -0.2) is 4.39 Å². The second-order valence-corrected chi connectivity index (χ2v) is 5.49. The molecule has 0 bridgehead atoms. The Bertz CT molecular complexity index is 441. The van der Waals surface area contributed by atoms with E-state index in [0.29, 0.717) is 23.4 Å². The number of rotatable bonds is 3. The molecule has 1 aromatic rings. The molecule has 1 aliphatic heterocycles. The van der Waals surface area contributed by atoms with Crippen molar-refractivity contribution in [3.05, 3.63) is 34.1 Å². The number of likely N-dealkylation sites (tertiary alicyclic amines) is 1. The summed E-state index contributed by atoms with van der Waals surface area (Å²) in [5.41, 5.74) is 0.937. The van der Waals surface area contributed by atoms with Crippen molar-refractivity contribution in [2.24, 2.45) is 5.92 Å². The summed E-state index contributed by atoms with van der Waals surface area (Å²) in [4.78, 5) is 13.5. The molecule has 92 valence electrons. The summed E-state index contributed by atoms with van der Waals surface area (Å²) in [6.07, 6.45) is 0.575. The fourth-order valence-corrected chi connectivity index (χ4v) is 2.66. The molecule has 2 rings (SSSR count). The largest absolute Gasteiger partial charge is 0.338 e. The summed E-state index contributed by atoms with van der Waals surface area (Å²) in [7, 11) is 0. The van der Waals surface area contributed by atoms with Gasteiger partial charge in [-0.15, -0.1) is 0 Å². The molecule has 0 saturated carbocycles. The topological polar surface area (TPSA) is 20.3 Å². The highest BCUT2D eigenvalue weighted by Gasteiger charge is 2.28. The molecule has 1 heterocycles. The van der Waals surface area contributed by atoms with Crippen molar-refractivity contribution in [2.45, 2.75) is 13.0 Å². The monoisotopic (exact) mass is 317 g/mol. The van der Waals surface area contributed by atoms with Crippen molar-refractivity contribution in [3.63, 3.8) is 0 Å². The molecule has 0 aliphatic carbocycles. The number of hydrogen-bond acceptors (Lipinski definition) is 2. The van der Waals surface area contributed by atoms with Crippen molar-refractivity contribution >= 4 is 34.5 Å². The Morgan fingerprint density at radius 3 is 2.88 bits per heavy atom. The molecular formula is C12H13BrFNOS. The number of carbonyl (C=O) groups excluding carboxylic acids is 1. The van der Waals surface area contributed by atoms with Gasteiger partial charge in [0.25, 0.3) is 0 Å². The molecule has 1 saturated heterocycles. The number of amides is 1. The Kier molecular flexibility index (Phi) is 4.09. The van der Waals surface area contributed by atoms with Gasteiger partial charge >= 0.3 is 0 Å². The maximum absolute atomic E-state index is 13.1. The van der Waals surface area contributed by atoms with Gasteiger partial charge < -0.3 is 4.90 Å². The first-order valence-corrected chi connectivity index (χ1v) is 6.85. The van der Waals surface area contributed by atoms with Gasteiger partial charge in [-0.2, -0.15) is 12.6 Å². The quantitative estimate of drug-likeness (QED) is 0.850. The van der Waals surface area contributed by atoms with E-state index in [1.165, 1.54) is 6.07 Å². The van der Waals surface area contributed by atoms with E-state index in [0.717, 1.165) is 17.9 Å². The van der Waals surface area contributed by atoms with Crippen LogP contribution in [0.5, 0.6) is 0 Å². The SMILES string of the molecule is O=C1CC(CS)CN1Cc1ccc(F)c(Br)c1. The van der Waals surface area contributed by atoms with E-state index >= 15 is 0 Å². The molecule has 0 spiro atoms. The predicted molar refractivity (Wildman–Crippen MR) is 71.5 cm³/mol. The van der Waals surface area contributed by atoms with E-state index in [2.05, 4.69) is 28.6 Å². The fourth-order valence-electron chi connectivity index (χ4n) is 1.99. The van der Waals surface area contributed by atoms with E-state index in [1.54, 1.807) is 17.0 Å². The number of halogens is 2. The van der Waals surface area contributed by atoms with Crippen LogP contribution in [0.2, 0.25) is 0 Å². The smallest absolute Gasteiger partial charge is 0.223 e. The van der Waals surface area contributed by atoms with Crippen LogP contribution in [0, 0.1) is 11.7 Å². The van der Waals surface area contributed by atoms with Crippen molar-refractivity contribution in [2.75, 3.05) is 12.3 Å². The van der Waals surface area contributed by atoms with Crippen LogP contribution in [-0.4, -0.2) is 23.1 Å². The summed E-state index contributed by atoms with van der Waals surface area (Å²) in [6, 6.07) is 4.84. The molecule has 2 nitrogen and oxygen atoms in total. The molecule has 17 heavy (non-hydrogen) atoms. The minimum absolute atomic E-state index is 0.157. The lowest BCUT2D eigenvalue weighted by Gasteiger charge is -2.16. The van der Waals surface area contributed by atoms with Crippen LogP contribution in [0.1, 0.15) is 12.0 Å². The Balaban J connectivity index is 2.06. The zero-order chi connectivity index (χ0) is 12.4. The average Bonchev–Trinajstić information content (AvgIpc) is 2.65. The van der Waals surface area contributed by atoms with Crippen LogP contribution in [0.25, 0.3) is 0 Å². The summed E-state index contributed by atoms with van der Waals surface area (Å²) in [5.74, 6) is 0.948. The van der Waals surface area contributed by atoms with Crippen molar-refractivity contribution in [3.8, 4) is 0 Å². The van der Waals surface area contributed by atoms with Gasteiger partial charge in [-0.1, -0.05) is 6.07 Å². The first-order chi connectivity index (χ1) is 8.10. The molecule has 1 atom stereocenters. The maximum atomic E-state index is 13.1. The molecule has 0 radical (unpaired) electrons. The summed E-state index contributed by atoms with van der Waals surface area (Å²) < 4.78 is 13.5. The van der Waals surface area contributed by atoms with Crippen LogP contribution in [0.15, 0.2) is 22.7 Å². The molecule has 5 heteroatoms. The fraction of sp³-hybridized carbons (Fsp3) is 0.417. The highest BCUT2D eigenvalue weighted by Crippen LogP contribution is 2.23. The van der Waals surface area contributed by atoms with Gasteiger partial charge in [-0.05, 0) is 45.3 Å². The second kappa shape index (κ2) is 5.40. The molecule has 0 N–H and O–H groups in total. The van der Waals surface area contributed by atoms with Crippen molar-refractivity contribution in [1.82, 2.24) is 4.90 Å². The molecule has 1 aromatic carbocycles. The van der Waals surface area contributed by atoms with Gasteiger partial charge in [0.1, 0.15) is 5.82 Å². The highest BCUT2D eigenvalue weighted by molar-refractivity contribution is 9.10. The van der Waals surface area contributed by atoms with Gasteiger partial charge in [0.05, 0.1) is 4.47 Å². The normalized spacial score (nSPS) is 20.1. The zero-order valence-electron chi connectivity index (χ0n) is 9.20. The van der Waals surface area contributed by atoms with Crippen LogP contribution < -0.4 is 0 Å². The predicted octanol–water partition coefficient (Wildman–Crippen LogP) is 2.87. The summed E-state index contributed by atoms with van der Waals surface area (Å²) >= 11 is 7.36. The Labute approximate surface area is 114 Å².